The van der Waals surface area contributed by atoms with Crippen molar-refractivity contribution in [2.45, 2.75) is 32.2 Å². The Balaban J connectivity index is 1.53. The zero-order valence-electron chi connectivity index (χ0n) is 14.5. The lowest BCUT2D eigenvalue weighted by Gasteiger charge is -2.19. The molecule has 0 unspecified atom stereocenters. The van der Waals surface area contributed by atoms with Crippen LogP contribution in [0.3, 0.4) is 0 Å². The van der Waals surface area contributed by atoms with E-state index < -0.39 is 0 Å². The topological polar surface area (TPSA) is 24.9 Å². The number of pyridine rings is 1. The summed E-state index contributed by atoms with van der Waals surface area (Å²) in [6, 6.07) is 12.7. The quantitative estimate of drug-likeness (QED) is 0.654. The maximum Gasteiger partial charge on any atom is 0.187 e. The number of rotatable bonds is 4. The predicted octanol–water partition coefficient (Wildman–Crippen LogP) is 4.58. The lowest BCUT2D eigenvalue weighted by Crippen LogP contribution is -2.29. The van der Waals surface area contributed by atoms with Gasteiger partial charge in [-0.25, -0.2) is 9.83 Å². The second-order valence-electron chi connectivity index (χ2n) is 6.85. The number of aromatic nitrogens is 2. The van der Waals surface area contributed by atoms with Gasteiger partial charge in [-0.3, -0.25) is 0 Å². The van der Waals surface area contributed by atoms with E-state index in [4.69, 9.17) is 11.6 Å². The van der Waals surface area contributed by atoms with Gasteiger partial charge < -0.3 is 9.30 Å². The number of likely N-dealkylation sites (tertiary alicyclic amines) is 1. The molecule has 126 valence electrons. The third kappa shape index (κ3) is 3.29. The molecule has 0 amide bonds. The predicted molar refractivity (Wildman–Crippen MR) is 101 cm³/mol. The summed E-state index contributed by atoms with van der Waals surface area (Å²) < 4.78 is 2.10. The largest absolute Gasteiger partial charge is 0.307 e. The lowest BCUT2D eigenvalue weighted by molar-refractivity contribution is 0.271. The van der Waals surface area contributed by atoms with Gasteiger partial charge in [-0.1, -0.05) is 24.3 Å². The number of hydrogen-bond acceptors (Lipinski definition) is 2. The highest BCUT2D eigenvalue weighted by atomic mass is 15.2. The Morgan fingerprint density at radius 1 is 1.20 bits per heavy atom. The second-order valence-corrected chi connectivity index (χ2v) is 6.85. The van der Waals surface area contributed by atoms with Gasteiger partial charge in [0.15, 0.2) is 5.69 Å². The van der Waals surface area contributed by atoms with Crippen LogP contribution in [0, 0.1) is 6.57 Å². The Labute approximate surface area is 148 Å². The van der Waals surface area contributed by atoms with Crippen molar-refractivity contribution >= 4 is 11.3 Å². The SMILES string of the molecule is [C-]#[N+]c1ccc(-c2ccn3cc(CCN4CCC[C@H]4C)nc3c2)cc1. The van der Waals surface area contributed by atoms with E-state index >= 15 is 0 Å². The zero-order valence-corrected chi connectivity index (χ0v) is 14.5. The van der Waals surface area contributed by atoms with Gasteiger partial charge in [0.1, 0.15) is 5.65 Å². The summed E-state index contributed by atoms with van der Waals surface area (Å²) in [7, 11) is 0. The molecule has 1 fully saturated rings. The Morgan fingerprint density at radius 3 is 2.76 bits per heavy atom. The van der Waals surface area contributed by atoms with E-state index in [1.54, 1.807) is 0 Å². The van der Waals surface area contributed by atoms with Crippen LogP contribution in [0.25, 0.3) is 21.6 Å². The molecule has 3 aromatic rings. The summed E-state index contributed by atoms with van der Waals surface area (Å²) in [5.74, 6) is 0. The van der Waals surface area contributed by atoms with Gasteiger partial charge in [-0.15, -0.1) is 0 Å². The molecular weight excluding hydrogens is 308 g/mol. The first kappa shape index (κ1) is 15.9. The molecule has 2 aromatic heterocycles. The molecule has 4 heteroatoms. The smallest absolute Gasteiger partial charge is 0.187 e. The van der Waals surface area contributed by atoms with Gasteiger partial charge in [0.25, 0.3) is 0 Å². The molecule has 1 saturated heterocycles. The van der Waals surface area contributed by atoms with Crippen molar-refractivity contribution in [2.75, 3.05) is 13.1 Å². The standard InChI is InChI=1S/C21H22N4/c1-16-4-3-11-24(16)13-10-20-15-25-12-9-18(14-21(25)23-20)17-5-7-19(22-2)8-6-17/h5-9,12,14-16H,3-4,10-11,13H2,1H3/t16-/m1/s1. The van der Waals surface area contributed by atoms with Crippen LogP contribution in [0.2, 0.25) is 0 Å². The highest BCUT2D eigenvalue weighted by Gasteiger charge is 2.19. The van der Waals surface area contributed by atoms with Gasteiger partial charge in [0.2, 0.25) is 0 Å². The van der Waals surface area contributed by atoms with E-state index in [0.717, 1.165) is 35.4 Å². The first-order chi connectivity index (χ1) is 12.2. The first-order valence-electron chi connectivity index (χ1n) is 8.92. The van der Waals surface area contributed by atoms with Gasteiger partial charge in [-0.05, 0) is 49.6 Å². The average molecular weight is 330 g/mol. The van der Waals surface area contributed by atoms with Crippen molar-refractivity contribution in [1.29, 1.82) is 0 Å². The van der Waals surface area contributed by atoms with Crippen molar-refractivity contribution in [3.8, 4) is 11.1 Å². The minimum absolute atomic E-state index is 0.670. The highest BCUT2D eigenvalue weighted by molar-refractivity contribution is 5.69. The zero-order chi connectivity index (χ0) is 17.2. The molecule has 0 N–H and O–H groups in total. The molecule has 0 spiro atoms. The lowest BCUT2D eigenvalue weighted by atomic mass is 10.1. The molecule has 4 rings (SSSR count). The van der Waals surface area contributed by atoms with E-state index in [-0.39, 0.29) is 0 Å². The molecule has 0 bridgehead atoms. The van der Waals surface area contributed by atoms with Gasteiger partial charge >= 0.3 is 0 Å². The summed E-state index contributed by atoms with van der Waals surface area (Å²) in [6.45, 7) is 11.7. The van der Waals surface area contributed by atoms with Gasteiger partial charge in [-0.2, -0.15) is 0 Å². The molecule has 3 heterocycles. The number of hydrogen-bond donors (Lipinski definition) is 0. The summed E-state index contributed by atoms with van der Waals surface area (Å²) >= 11 is 0. The normalized spacial score (nSPS) is 17.8. The van der Waals surface area contributed by atoms with Crippen LogP contribution in [-0.4, -0.2) is 33.4 Å². The molecule has 0 aliphatic carbocycles. The first-order valence-corrected chi connectivity index (χ1v) is 8.92. The fourth-order valence-corrected chi connectivity index (χ4v) is 3.65. The molecule has 4 nitrogen and oxygen atoms in total. The van der Waals surface area contributed by atoms with E-state index in [1.165, 1.54) is 19.4 Å². The van der Waals surface area contributed by atoms with Crippen molar-refractivity contribution in [1.82, 2.24) is 14.3 Å². The molecule has 0 radical (unpaired) electrons. The van der Waals surface area contributed by atoms with Gasteiger partial charge in [0, 0.05) is 31.4 Å². The van der Waals surface area contributed by atoms with Crippen LogP contribution in [0.5, 0.6) is 0 Å². The van der Waals surface area contributed by atoms with E-state index in [2.05, 4.69) is 45.6 Å². The second kappa shape index (κ2) is 6.70. The fourth-order valence-electron chi connectivity index (χ4n) is 3.65. The van der Waals surface area contributed by atoms with E-state index in [0.29, 0.717) is 11.7 Å². The summed E-state index contributed by atoms with van der Waals surface area (Å²) in [6.07, 6.45) is 7.86. The van der Waals surface area contributed by atoms with Crippen LogP contribution in [-0.2, 0) is 6.42 Å². The molecule has 25 heavy (non-hydrogen) atoms. The Kier molecular flexibility index (Phi) is 4.25. The van der Waals surface area contributed by atoms with Crippen molar-refractivity contribution in [2.24, 2.45) is 0 Å². The maximum atomic E-state index is 7.05. The van der Waals surface area contributed by atoms with Crippen LogP contribution in [0.1, 0.15) is 25.5 Å². The maximum absolute atomic E-state index is 7.05. The molecule has 0 saturated carbocycles. The summed E-state index contributed by atoms with van der Waals surface area (Å²) in [5.41, 5.74) is 5.06. The Morgan fingerprint density at radius 2 is 2.04 bits per heavy atom. The van der Waals surface area contributed by atoms with Crippen molar-refractivity contribution in [3.05, 3.63) is 65.9 Å². The Bertz CT molecular complexity index is 917. The molecular formula is C21H22N4. The number of fused-ring (bicyclic) bond motifs is 1. The monoisotopic (exact) mass is 330 g/mol. The van der Waals surface area contributed by atoms with Crippen molar-refractivity contribution in [3.63, 3.8) is 0 Å². The molecule has 1 aliphatic rings. The summed E-state index contributed by atoms with van der Waals surface area (Å²) in [5, 5.41) is 0. The van der Waals surface area contributed by atoms with E-state index in [1.807, 2.05) is 24.3 Å². The van der Waals surface area contributed by atoms with Crippen molar-refractivity contribution < 1.29 is 0 Å². The fraction of sp³-hybridized carbons (Fsp3) is 0.333. The minimum atomic E-state index is 0.670. The number of benzene rings is 1. The van der Waals surface area contributed by atoms with E-state index in [9.17, 15) is 0 Å². The average Bonchev–Trinajstić information content (AvgIpc) is 3.24. The molecule has 1 aliphatic heterocycles. The third-order valence-electron chi connectivity index (χ3n) is 5.19. The number of nitrogens with zero attached hydrogens (tertiary/aromatic N) is 4. The Hall–Kier alpha value is -2.64. The van der Waals surface area contributed by atoms with Crippen LogP contribution < -0.4 is 0 Å². The third-order valence-corrected chi connectivity index (χ3v) is 5.19. The minimum Gasteiger partial charge on any atom is -0.307 e. The van der Waals surface area contributed by atoms with Crippen LogP contribution in [0.4, 0.5) is 5.69 Å². The number of imidazole rings is 1. The van der Waals surface area contributed by atoms with Crippen LogP contribution >= 0.6 is 0 Å². The summed E-state index contributed by atoms with van der Waals surface area (Å²) in [4.78, 5) is 10.8. The van der Waals surface area contributed by atoms with Gasteiger partial charge in [0.05, 0.1) is 12.3 Å². The highest BCUT2D eigenvalue weighted by Crippen LogP contribution is 2.24. The molecule has 1 atom stereocenters. The molecule has 1 aromatic carbocycles. The van der Waals surface area contributed by atoms with Crippen LogP contribution in [0.15, 0.2) is 48.8 Å².